The van der Waals surface area contributed by atoms with Gasteiger partial charge in [0.2, 0.25) is 10.0 Å². The standard InChI is InChI=1S/C18H27NO3S/c1-4-5-6-14-22-18-9-7-8-16(3)19(18)23(20,21)17-12-10-15(2)11-13-17/h7,9-13,16,18H,4-6,8,14H2,1-3H3/t16-,18-/m0/s1. The third-order valence-corrected chi connectivity index (χ3v) is 6.09. The lowest BCUT2D eigenvalue weighted by atomic mass is 10.1. The van der Waals surface area contributed by atoms with Crippen molar-refractivity contribution in [1.29, 1.82) is 0 Å². The first-order valence-corrected chi connectivity index (χ1v) is 9.79. The highest BCUT2D eigenvalue weighted by Crippen LogP contribution is 2.27. The molecule has 0 unspecified atom stereocenters. The van der Waals surface area contributed by atoms with Gasteiger partial charge < -0.3 is 4.74 Å². The van der Waals surface area contributed by atoms with Crippen LogP contribution in [0.25, 0.3) is 0 Å². The zero-order valence-electron chi connectivity index (χ0n) is 14.2. The minimum absolute atomic E-state index is 0.109. The second kappa shape index (κ2) is 8.08. The largest absolute Gasteiger partial charge is 0.358 e. The number of rotatable bonds is 7. The second-order valence-corrected chi connectivity index (χ2v) is 7.97. The van der Waals surface area contributed by atoms with Crippen LogP contribution in [-0.4, -0.2) is 31.6 Å². The lowest BCUT2D eigenvalue weighted by Crippen LogP contribution is -2.48. The van der Waals surface area contributed by atoms with Crippen molar-refractivity contribution in [3.05, 3.63) is 42.0 Å². The van der Waals surface area contributed by atoms with Gasteiger partial charge >= 0.3 is 0 Å². The molecule has 4 nitrogen and oxygen atoms in total. The Labute approximate surface area is 140 Å². The summed E-state index contributed by atoms with van der Waals surface area (Å²) in [5.41, 5.74) is 1.04. The monoisotopic (exact) mass is 337 g/mol. The van der Waals surface area contributed by atoms with Gasteiger partial charge in [-0.2, -0.15) is 4.31 Å². The van der Waals surface area contributed by atoms with Gasteiger partial charge in [0.05, 0.1) is 4.90 Å². The molecule has 0 spiro atoms. The van der Waals surface area contributed by atoms with E-state index in [4.69, 9.17) is 4.74 Å². The van der Waals surface area contributed by atoms with Crippen LogP contribution in [0.15, 0.2) is 41.3 Å². The number of hydrogen-bond acceptors (Lipinski definition) is 3. The lowest BCUT2D eigenvalue weighted by molar-refractivity contribution is -0.00585. The maximum Gasteiger partial charge on any atom is 0.245 e. The molecule has 5 heteroatoms. The summed E-state index contributed by atoms with van der Waals surface area (Å²) < 4.78 is 33.4. The van der Waals surface area contributed by atoms with Crippen molar-refractivity contribution in [3.8, 4) is 0 Å². The molecular formula is C18H27NO3S. The molecule has 2 atom stereocenters. The van der Waals surface area contributed by atoms with Gasteiger partial charge in [0, 0.05) is 12.6 Å². The molecule has 0 aliphatic carbocycles. The maximum absolute atomic E-state index is 13.0. The molecule has 1 aromatic rings. The van der Waals surface area contributed by atoms with Gasteiger partial charge in [-0.15, -0.1) is 0 Å². The van der Waals surface area contributed by atoms with E-state index in [-0.39, 0.29) is 6.04 Å². The molecule has 0 saturated heterocycles. The van der Waals surface area contributed by atoms with Crippen LogP contribution >= 0.6 is 0 Å². The van der Waals surface area contributed by atoms with E-state index in [1.807, 2.05) is 38.1 Å². The summed E-state index contributed by atoms with van der Waals surface area (Å²) in [5, 5.41) is 0. The molecular weight excluding hydrogens is 310 g/mol. The summed E-state index contributed by atoms with van der Waals surface area (Å²) >= 11 is 0. The van der Waals surface area contributed by atoms with Gasteiger partial charge in [0.15, 0.2) is 0 Å². The van der Waals surface area contributed by atoms with Crippen LogP contribution < -0.4 is 0 Å². The number of aryl methyl sites for hydroxylation is 1. The number of nitrogens with zero attached hydrogens (tertiary/aromatic N) is 1. The molecule has 1 aromatic carbocycles. The number of sulfonamides is 1. The van der Waals surface area contributed by atoms with E-state index < -0.39 is 16.3 Å². The Morgan fingerprint density at radius 2 is 1.91 bits per heavy atom. The Morgan fingerprint density at radius 1 is 1.22 bits per heavy atom. The number of benzene rings is 1. The zero-order valence-corrected chi connectivity index (χ0v) is 15.1. The van der Waals surface area contributed by atoms with Crippen LogP contribution in [0.5, 0.6) is 0 Å². The Balaban J connectivity index is 2.21. The van der Waals surface area contributed by atoms with E-state index in [9.17, 15) is 8.42 Å². The van der Waals surface area contributed by atoms with Crippen LogP contribution in [0.4, 0.5) is 0 Å². The quantitative estimate of drug-likeness (QED) is 0.560. The molecule has 0 N–H and O–H groups in total. The molecule has 0 fully saturated rings. The zero-order chi connectivity index (χ0) is 16.9. The van der Waals surface area contributed by atoms with E-state index in [1.165, 1.54) is 4.31 Å². The first kappa shape index (κ1) is 18.2. The van der Waals surface area contributed by atoms with Crippen molar-refractivity contribution in [2.24, 2.45) is 0 Å². The molecule has 1 heterocycles. The highest BCUT2D eigenvalue weighted by Gasteiger charge is 2.36. The predicted octanol–water partition coefficient (Wildman–Crippen LogP) is 3.87. The molecule has 0 bridgehead atoms. The molecule has 128 valence electrons. The highest BCUT2D eigenvalue weighted by molar-refractivity contribution is 7.89. The minimum Gasteiger partial charge on any atom is -0.358 e. The number of ether oxygens (including phenoxy) is 1. The fraction of sp³-hybridized carbons (Fsp3) is 0.556. The third-order valence-electron chi connectivity index (χ3n) is 4.10. The van der Waals surface area contributed by atoms with Crippen molar-refractivity contribution in [2.45, 2.75) is 63.6 Å². The summed E-state index contributed by atoms with van der Waals surface area (Å²) in [6, 6.07) is 6.89. The molecule has 0 radical (unpaired) electrons. The van der Waals surface area contributed by atoms with Crippen molar-refractivity contribution in [3.63, 3.8) is 0 Å². The number of unbranched alkanes of at least 4 members (excludes halogenated alkanes) is 2. The fourth-order valence-electron chi connectivity index (χ4n) is 2.72. The normalized spacial score (nSPS) is 22.4. The van der Waals surface area contributed by atoms with Gasteiger partial charge in [-0.3, -0.25) is 0 Å². The summed E-state index contributed by atoms with van der Waals surface area (Å²) in [6.07, 6.45) is 7.23. The van der Waals surface area contributed by atoms with Crippen LogP contribution in [0.3, 0.4) is 0 Å². The van der Waals surface area contributed by atoms with E-state index in [1.54, 1.807) is 12.1 Å². The smallest absolute Gasteiger partial charge is 0.245 e. The molecule has 0 aromatic heterocycles. The van der Waals surface area contributed by atoms with E-state index in [2.05, 4.69) is 6.92 Å². The second-order valence-electron chi connectivity index (χ2n) is 6.13. The van der Waals surface area contributed by atoms with Gasteiger partial charge in [-0.1, -0.05) is 43.5 Å². The lowest BCUT2D eigenvalue weighted by Gasteiger charge is -2.36. The Kier molecular flexibility index (Phi) is 6.39. The first-order chi connectivity index (χ1) is 11.0. The van der Waals surface area contributed by atoms with Gasteiger partial charge in [0.25, 0.3) is 0 Å². The van der Waals surface area contributed by atoms with Crippen LogP contribution in [0, 0.1) is 6.92 Å². The fourth-order valence-corrected chi connectivity index (χ4v) is 4.41. The summed E-state index contributed by atoms with van der Waals surface area (Å²) in [6.45, 7) is 6.59. The third kappa shape index (κ3) is 4.43. The van der Waals surface area contributed by atoms with Crippen molar-refractivity contribution in [1.82, 2.24) is 4.31 Å². The molecule has 2 rings (SSSR count). The topological polar surface area (TPSA) is 46.6 Å². The van der Waals surface area contributed by atoms with Crippen LogP contribution in [-0.2, 0) is 14.8 Å². The number of hydrogen-bond donors (Lipinski definition) is 0. The van der Waals surface area contributed by atoms with Crippen LogP contribution in [0.2, 0.25) is 0 Å². The van der Waals surface area contributed by atoms with Gasteiger partial charge in [-0.05, 0) is 44.9 Å². The van der Waals surface area contributed by atoms with Crippen LogP contribution in [0.1, 0.15) is 45.1 Å². The average Bonchev–Trinajstić information content (AvgIpc) is 2.52. The Bertz CT molecular complexity index is 622. The summed E-state index contributed by atoms with van der Waals surface area (Å²) in [4.78, 5) is 0.326. The first-order valence-electron chi connectivity index (χ1n) is 8.35. The summed E-state index contributed by atoms with van der Waals surface area (Å²) in [5.74, 6) is 0. The molecule has 1 aliphatic rings. The predicted molar refractivity (Wildman–Crippen MR) is 92.7 cm³/mol. The van der Waals surface area contributed by atoms with Crippen molar-refractivity contribution < 1.29 is 13.2 Å². The van der Waals surface area contributed by atoms with Gasteiger partial charge in [0.1, 0.15) is 6.23 Å². The maximum atomic E-state index is 13.0. The van der Waals surface area contributed by atoms with Crippen molar-refractivity contribution in [2.75, 3.05) is 6.61 Å². The molecule has 1 aliphatic heterocycles. The van der Waals surface area contributed by atoms with E-state index in [0.29, 0.717) is 17.9 Å². The minimum atomic E-state index is -3.56. The van der Waals surface area contributed by atoms with Gasteiger partial charge in [-0.25, -0.2) is 8.42 Å². The van der Waals surface area contributed by atoms with Crippen molar-refractivity contribution >= 4 is 10.0 Å². The summed E-state index contributed by atoms with van der Waals surface area (Å²) in [7, 11) is -3.56. The average molecular weight is 337 g/mol. The Morgan fingerprint density at radius 3 is 2.57 bits per heavy atom. The van der Waals surface area contributed by atoms with E-state index >= 15 is 0 Å². The molecule has 0 amide bonds. The van der Waals surface area contributed by atoms with E-state index in [0.717, 1.165) is 24.8 Å². The SMILES string of the molecule is CCCCCO[C@H]1C=CC[C@H](C)N1S(=O)(=O)c1ccc(C)cc1. The molecule has 0 saturated carbocycles. The highest BCUT2D eigenvalue weighted by atomic mass is 32.2. The molecule has 23 heavy (non-hydrogen) atoms. The Hall–Kier alpha value is -1.17.